The van der Waals surface area contributed by atoms with Crippen molar-refractivity contribution in [3.8, 4) is 0 Å². The van der Waals surface area contributed by atoms with E-state index in [0.717, 1.165) is 12.8 Å². The van der Waals surface area contributed by atoms with E-state index in [0.29, 0.717) is 23.1 Å². The molecule has 7 heteroatoms. The Kier molecular flexibility index (Phi) is 4.72. The third-order valence-electron chi connectivity index (χ3n) is 3.50. The minimum absolute atomic E-state index is 0.104. The lowest BCUT2D eigenvalue weighted by Crippen LogP contribution is -2.39. The summed E-state index contributed by atoms with van der Waals surface area (Å²) in [5.74, 6) is 0.0432. The third-order valence-corrected chi connectivity index (χ3v) is 3.96. The summed E-state index contributed by atoms with van der Waals surface area (Å²) in [6, 6.07) is 4.26. The summed E-state index contributed by atoms with van der Waals surface area (Å²) < 4.78 is 0.514. The first kappa shape index (κ1) is 14.9. The molecule has 0 aromatic heterocycles. The molecule has 0 spiro atoms. The van der Waals surface area contributed by atoms with Crippen molar-refractivity contribution in [2.24, 2.45) is 5.92 Å². The number of piperidine rings is 1. The Morgan fingerprint density at radius 3 is 2.60 bits per heavy atom. The maximum atomic E-state index is 12.3. The van der Waals surface area contributed by atoms with Crippen LogP contribution in [0.4, 0.5) is 5.69 Å². The molecule has 1 N–H and O–H groups in total. The van der Waals surface area contributed by atoms with E-state index in [1.165, 1.54) is 12.1 Å². The topological polar surface area (TPSA) is 83.7 Å². The largest absolute Gasteiger partial charge is 0.396 e. The van der Waals surface area contributed by atoms with E-state index >= 15 is 0 Å². The Morgan fingerprint density at radius 2 is 2.05 bits per heavy atom. The van der Waals surface area contributed by atoms with Gasteiger partial charge in [-0.05, 0) is 24.8 Å². The fraction of sp³-hybridized carbons (Fsp3) is 0.462. The van der Waals surface area contributed by atoms with Gasteiger partial charge in [-0.1, -0.05) is 15.9 Å². The highest BCUT2D eigenvalue weighted by Gasteiger charge is 2.24. The van der Waals surface area contributed by atoms with Crippen LogP contribution in [0.1, 0.15) is 23.2 Å². The highest BCUT2D eigenvalue weighted by Crippen LogP contribution is 2.24. The van der Waals surface area contributed by atoms with Gasteiger partial charge in [-0.2, -0.15) is 0 Å². The van der Waals surface area contributed by atoms with Gasteiger partial charge in [-0.15, -0.1) is 0 Å². The van der Waals surface area contributed by atoms with Crippen molar-refractivity contribution in [3.63, 3.8) is 0 Å². The normalized spacial score (nSPS) is 16.2. The average Bonchev–Trinajstić information content (AvgIpc) is 2.46. The summed E-state index contributed by atoms with van der Waals surface area (Å²) in [6.45, 7) is 1.29. The standard InChI is InChI=1S/C13H15BrN2O4/c14-11-5-10(6-12(7-11)16(19)20)13(18)15-3-1-9(8-17)2-4-15/h5-7,9,17H,1-4,8H2. The van der Waals surface area contributed by atoms with Crippen LogP contribution in [0.3, 0.4) is 0 Å². The van der Waals surface area contributed by atoms with E-state index in [9.17, 15) is 14.9 Å². The Morgan fingerprint density at radius 1 is 1.40 bits per heavy atom. The number of aliphatic hydroxyl groups excluding tert-OH is 1. The van der Waals surface area contributed by atoms with E-state index in [4.69, 9.17) is 5.11 Å². The molecule has 0 atom stereocenters. The lowest BCUT2D eigenvalue weighted by molar-refractivity contribution is -0.385. The van der Waals surface area contributed by atoms with Crippen LogP contribution in [0, 0.1) is 16.0 Å². The number of rotatable bonds is 3. The van der Waals surface area contributed by atoms with Gasteiger partial charge in [0.05, 0.1) is 4.92 Å². The molecule has 1 heterocycles. The van der Waals surface area contributed by atoms with Crippen LogP contribution in [-0.4, -0.2) is 40.5 Å². The van der Waals surface area contributed by atoms with Crippen molar-refractivity contribution in [1.82, 2.24) is 4.90 Å². The minimum Gasteiger partial charge on any atom is -0.396 e. The Bertz CT molecular complexity index is 527. The Hall–Kier alpha value is -1.47. The molecule has 1 aromatic rings. The maximum Gasteiger partial charge on any atom is 0.271 e. The van der Waals surface area contributed by atoms with Crippen molar-refractivity contribution in [3.05, 3.63) is 38.3 Å². The van der Waals surface area contributed by atoms with Gasteiger partial charge in [0.15, 0.2) is 0 Å². The van der Waals surface area contributed by atoms with Crippen molar-refractivity contribution in [1.29, 1.82) is 0 Å². The number of carbonyl (C=O) groups is 1. The number of hydrogen-bond acceptors (Lipinski definition) is 4. The van der Waals surface area contributed by atoms with Gasteiger partial charge < -0.3 is 10.0 Å². The smallest absolute Gasteiger partial charge is 0.271 e. The summed E-state index contributed by atoms with van der Waals surface area (Å²) in [4.78, 5) is 24.3. The zero-order valence-electron chi connectivity index (χ0n) is 10.8. The van der Waals surface area contributed by atoms with Gasteiger partial charge >= 0.3 is 0 Å². The molecule has 1 amide bonds. The predicted molar refractivity (Wildman–Crippen MR) is 76.5 cm³/mol. The van der Waals surface area contributed by atoms with Crippen molar-refractivity contribution < 1.29 is 14.8 Å². The molecule has 20 heavy (non-hydrogen) atoms. The van der Waals surface area contributed by atoms with E-state index in [1.54, 1.807) is 11.0 Å². The summed E-state index contributed by atoms with van der Waals surface area (Å²) >= 11 is 3.19. The van der Waals surface area contributed by atoms with Crippen LogP contribution >= 0.6 is 15.9 Å². The van der Waals surface area contributed by atoms with E-state index < -0.39 is 4.92 Å². The number of halogens is 1. The second-order valence-corrected chi connectivity index (χ2v) is 5.79. The molecular weight excluding hydrogens is 328 g/mol. The number of nitro groups is 1. The van der Waals surface area contributed by atoms with Gasteiger partial charge in [0.2, 0.25) is 0 Å². The number of likely N-dealkylation sites (tertiary alicyclic amines) is 1. The summed E-state index contributed by atoms with van der Waals surface area (Å²) in [5.41, 5.74) is 0.210. The monoisotopic (exact) mass is 342 g/mol. The van der Waals surface area contributed by atoms with Gasteiger partial charge in [0.25, 0.3) is 11.6 Å². The lowest BCUT2D eigenvalue weighted by Gasteiger charge is -2.31. The molecule has 1 saturated heterocycles. The van der Waals surface area contributed by atoms with Gasteiger partial charge in [-0.25, -0.2) is 0 Å². The van der Waals surface area contributed by atoms with Crippen LogP contribution in [0.25, 0.3) is 0 Å². The van der Waals surface area contributed by atoms with Crippen molar-refractivity contribution >= 4 is 27.5 Å². The molecule has 0 saturated carbocycles. The number of non-ortho nitro benzene ring substituents is 1. The van der Waals surface area contributed by atoms with Crippen LogP contribution < -0.4 is 0 Å². The lowest BCUT2D eigenvalue weighted by atomic mass is 9.97. The number of amides is 1. The first-order chi connectivity index (χ1) is 9.51. The SMILES string of the molecule is O=C(c1cc(Br)cc([N+](=O)[O-])c1)N1CCC(CO)CC1. The molecule has 1 aliphatic heterocycles. The van der Waals surface area contributed by atoms with Gasteiger partial charge in [-0.3, -0.25) is 14.9 Å². The highest BCUT2D eigenvalue weighted by atomic mass is 79.9. The van der Waals surface area contributed by atoms with Gasteiger partial charge in [0, 0.05) is 41.9 Å². The fourth-order valence-electron chi connectivity index (χ4n) is 2.30. The highest BCUT2D eigenvalue weighted by molar-refractivity contribution is 9.10. The molecule has 0 bridgehead atoms. The van der Waals surface area contributed by atoms with Crippen LogP contribution in [-0.2, 0) is 0 Å². The van der Waals surface area contributed by atoms with Crippen molar-refractivity contribution in [2.75, 3.05) is 19.7 Å². The molecule has 2 rings (SSSR count). The fourth-order valence-corrected chi connectivity index (χ4v) is 2.79. The number of nitrogens with zero attached hydrogens (tertiary/aromatic N) is 2. The summed E-state index contributed by atoms with van der Waals surface area (Å²) in [7, 11) is 0. The number of nitro benzene ring substituents is 1. The molecule has 1 fully saturated rings. The summed E-state index contributed by atoms with van der Waals surface area (Å²) in [5, 5.41) is 19.9. The van der Waals surface area contributed by atoms with Crippen LogP contribution in [0.2, 0.25) is 0 Å². The number of carbonyl (C=O) groups excluding carboxylic acids is 1. The molecule has 6 nitrogen and oxygen atoms in total. The zero-order valence-corrected chi connectivity index (χ0v) is 12.4. The second kappa shape index (κ2) is 6.32. The second-order valence-electron chi connectivity index (χ2n) is 4.87. The number of aliphatic hydroxyl groups is 1. The van der Waals surface area contributed by atoms with E-state index in [1.807, 2.05) is 0 Å². The third kappa shape index (κ3) is 3.34. The summed E-state index contributed by atoms with van der Waals surface area (Å²) in [6.07, 6.45) is 1.52. The molecule has 1 aliphatic rings. The predicted octanol–water partition coefficient (Wildman–Crippen LogP) is 2.20. The molecular formula is C13H15BrN2O4. The van der Waals surface area contributed by atoms with Crippen LogP contribution in [0.5, 0.6) is 0 Å². The van der Waals surface area contributed by atoms with Crippen molar-refractivity contribution in [2.45, 2.75) is 12.8 Å². The van der Waals surface area contributed by atoms with Gasteiger partial charge in [0.1, 0.15) is 0 Å². The number of benzene rings is 1. The maximum absolute atomic E-state index is 12.3. The average molecular weight is 343 g/mol. The quantitative estimate of drug-likeness (QED) is 0.674. The molecule has 108 valence electrons. The Labute approximate surface area is 124 Å². The van der Waals surface area contributed by atoms with Crippen LogP contribution in [0.15, 0.2) is 22.7 Å². The Balaban J connectivity index is 2.15. The number of hydrogen-bond donors (Lipinski definition) is 1. The molecule has 0 unspecified atom stereocenters. The molecule has 0 aliphatic carbocycles. The molecule has 0 radical (unpaired) electrons. The van der Waals surface area contributed by atoms with E-state index in [2.05, 4.69) is 15.9 Å². The minimum atomic E-state index is -0.514. The zero-order chi connectivity index (χ0) is 14.7. The first-order valence-electron chi connectivity index (χ1n) is 6.36. The van der Waals surface area contributed by atoms with E-state index in [-0.39, 0.29) is 24.1 Å². The molecule has 1 aromatic carbocycles. The first-order valence-corrected chi connectivity index (χ1v) is 7.15.